The number of nitrogens with zero attached hydrogens (tertiary/aromatic N) is 3. The summed E-state index contributed by atoms with van der Waals surface area (Å²) in [6.07, 6.45) is 4.94. The highest BCUT2D eigenvalue weighted by molar-refractivity contribution is 7.99. The Morgan fingerprint density at radius 3 is 3.00 bits per heavy atom. The third-order valence-corrected chi connectivity index (χ3v) is 7.11. The number of aromatic nitrogens is 3. The lowest BCUT2D eigenvalue weighted by atomic mass is 9.87. The maximum Gasteiger partial charge on any atom is 0.230 e. The fraction of sp³-hybridized carbons (Fsp3) is 0.632. The Labute approximate surface area is 164 Å². The lowest BCUT2D eigenvalue weighted by Crippen LogP contribution is -2.28. The number of rotatable bonds is 7. The zero-order valence-electron chi connectivity index (χ0n) is 16.0. The molecule has 2 heterocycles. The SMILES string of the molecule is CC[C@H]1CCc2sc(-c3nnc(SCC(=O)NCC(C)C)n3C)cc2C1. The van der Waals surface area contributed by atoms with Gasteiger partial charge < -0.3 is 9.88 Å². The molecule has 3 rings (SSSR count). The number of thioether (sulfide) groups is 1. The molecule has 0 aliphatic heterocycles. The van der Waals surface area contributed by atoms with Crippen molar-refractivity contribution < 1.29 is 4.79 Å². The van der Waals surface area contributed by atoms with E-state index < -0.39 is 0 Å². The van der Waals surface area contributed by atoms with Crippen molar-refractivity contribution in [3.8, 4) is 10.7 Å². The van der Waals surface area contributed by atoms with Gasteiger partial charge in [-0.25, -0.2) is 0 Å². The molecule has 1 aliphatic rings. The molecule has 0 saturated carbocycles. The average molecular weight is 393 g/mol. The molecule has 0 unspecified atom stereocenters. The minimum Gasteiger partial charge on any atom is -0.355 e. The van der Waals surface area contributed by atoms with Crippen molar-refractivity contribution >= 4 is 29.0 Å². The van der Waals surface area contributed by atoms with Crippen molar-refractivity contribution in [2.24, 2.45) is 18.9 Å². The highest BCUT2D eigenvalue weighted by Crippen LogP contribution is 2.37. The van der Waals surface area contributed by atoms with Crippen LogP contribution in [0.15, 0.2) is 11.2 Å². The van der Waals surface area contributed by atoms with Crippen LogP contribution >= 0.6 is 23.1 Å². The highest BCUT2D eigenvalue weighted by Gasteiger charge is 2.22. The van der Waals surface area contributed by atoms with Crippen LogP contribution in [0.4, 0.5) is 0 Å². The molecular formula is C19H28N4OS2. The van der Waals surface area contributed by atoms with Crippen LogP contribution in [0.25, 0.3) is 10.7 Å². The van der Waals surface area contributed by atoms with Crippen molar-refractivity contribution in [1.82, 2.24) is 20.1 Å². The first-order valence-electron chi connectivity index (χ1n) is 9.38. The molecule has 26 heavy (non-hydrogen) atoms. The van der Waals surface area contributed by atoms with Gasteiger partial charge in [0.15, 0.2) is 11.0 Å². The zero-order chi connectivity index (χ0) is 18.7. The summed E-state index contributed by atoms with van der Waals surface area (Å²) in [5, 5.41) is 12.4. The summed E-state index contributed by atoms with van der Waals surface area (Å²) in [6.45, 7) is 7.17. The molecule has 142 valence electrons. The van der Waals surface area contributed by atoms with Crippen LogP contribution in [0.5, 0.6) is 0 Å². The topological polar surface area (TPSA) is 59.8 Å². The molecule has 2 aromatic rings. The van der Waals surface area contributed by atoms with E-state index in [1.807, 2.05) is 23.0 Å². The second kappa shape index (κ2) is 8.57. The minimum atomic E-state index is 0.0467. The Hall–Kier alpha value is -1.34. The van der Waals surface area contributed by atoms with E-state index >= 15 is 0 Å². The number of fused-ring (bicyclic) bond motifs is 1. The smallest absolute Gasteiger partial charge is 0.230 e. The number of carbonyl (C=O) groups is 1. The summed E-state index contributed by atoms with van der Waals surface area (Å²) in [5.74, 6) is 2.60. The van der Waals surface area contributed by atoms with Gasteiger partial charge in [0.05, 0.1) is 10.6 Å². The molecule has 1 atom stereocenters. The van der Waals surface area contributed by atoms with Gasteiger partial charge in [0, 0.05) is 18.5 Å². The van der Waals surface area contributed by atoms with Crippen LogP contribution in [-0.2, 0) is 24.7 Å². The largest absolute Gasteiger partial charge is 0.355 e. The predicted octanol–water partition coefficient (Wildman–Crippen LogP) is 3.92. The molecule has 1 amide bonds. The molecule has 1 aliphatic carbocycles. The van der Waals surface area contributed by atoms with Crippen LogP contribution in [0, 0.1) is 11.8 Å². The standard InChI is InChI=1S/C19H28N4OS2/c1-5-13-6-7-15-14(8-13)9-16(26-15)18-21-22-19(23(18)4)25-11-17(24)20-10-12(2)3/h9,12-13H,5-8,10-11H2,1-4H3,(H,20,24)/t13-/m0/s1. The van der Waals surface area contributed by atoms with E-state index in [9.17, 15) is 4.79 Å². The summed E-state index contributed by atoms with van der Waals surface area (Å²) < 4.78 is 2.01. The maximum atomic E-state index is 11.9. The minimum absolute atomic E-state index is 0.0467. The van der Waals surface area contributed by atoms with Gasteiger partial charge in [0.2, 0.25) is 5.91 Å². The van der Waals surface area contributed by atoms with Gasteiger partial charge in [-0.2, -0.15) is 0 Å². The van der Waals surface area contributed by atoms with Crippen LogP contribution in [0.2, 0.25) is 0 Å². The van der Waals surface area contributed by atoms with Gasteiger partial charge in [0.1, 0.15) is 0 Å². The highest BCUT2D eigenvalue weighted by atomic mass is 32.2. The Morgan fingerprint density at radius 1 is 1.46 bits per heavy atom. The second-order valence-electron chi connectivity index (χ2n) is 7.43. The molecular weight excluding hydrogens is 364 g/mol. The number of carbonyl (C=O) groups excluding carboxylic acids is 1. The van der Waals surface area contributed by atoms with E-state index in [1.54, 1.807) is 0 Å². The van der Waals surface area contributed by atoms with Crippen molar-refractivity contribution in [2.75, 3.05) is 12.3 Å². The fourth-order valence-corrected chi connectivity index (χ4v) is 5.18. The van der Waals surface area contributed by atoms with E-state index in [0.29, 0.717) is 18.2 Å². The van der Waals surface area contributed by atoms with Crippen LogP contribution in [0.3, 0.4) is 0 Å². The first kappa shape index (κ1) is 19.4. The Morgan fingerprint density at radius 2 is 2.27 bits per heavy atom. The van der Waals surface area contributed by atoms with Gasteiger partial charge in [-0.15, -0.1) is 21.5 Å². The number of aryl methyl sites for hydroxylation is 1. The van der Waals surface area contributed by atoms with E-state index in [4.69, 9.17) is 0 Å². The van der Waals surface area contributed by atoms with E-state index in [-0.39, 0.29) is 5.91 Å². The number of hydrogen-bond acceptors (Lipinski definition) is 5. The van der Waals surface area contributed by atoms with E-state index in [0.717, 1.165) is 16.9 Å². The van der Waals surface area contributed by atoms with E-state index in [1.165, 1.54) is 52.8 Å². The number of thiophene rings is 1. The first-order chi connectivity index (χ1) is 12.5. The van der Waals surface area contributed by atoms with Crippen molar-refractivity contribution in [3.05, 3.63) is 16.5 Å². The summed E-state index contributed by atoms with van der Waals surface area (Å²) in [5.41, 5.74) is 1.49. The zero-order valence-corrected chi connectivity index (χ0v) is 17.7. The molecule has 1 N–H and O–H groups in total. The summed E-state index contributed by atoms with van der Waals surface area (Å²) >= 11 is 3.30. The van der Waals surface area contributed by atoms with Gasteiger partial charge in [-0.3, -0.25) is 4.79 Å². The normalized spacial score (nSPS) is 16.7. The molecule has 0 radical (unpaired) electrons. The quantitative estimate of drug-likeness (QED) is 0.726. The van der Waals surface area contributed by atoms with E-state index in [2.05, 4.69) is 42.4 Å². The van der Waals surface area contributed by atoms with Crippen LogP contribution in [-0.4, -0.2) is 33.0 Å². The van der Waals surface area contributed by atoms with Gasteiger partial charge >= 0.3 is 0 Å². The lowest BCUT2D eigenvalue weighted by molar-refractivity contribution is -0.118. The van der Waals surface area contributed by atoms with Crippen molar-refractivity contribution in [1.29, 1.82) is 0 Å². The van der Waals surface area contributed by atoms with Crippen molar-refractivity contribution in [2.45, 2.75) is 51.6 Å². The summed E-state index contributed by atoms with van der Waals surface area (Å²) in [7, 11) is 1.98. The molecule has 0 aromatic carbocycles. The molecule has 7 heteroatoms. The molecule has 0 spiro atoms. The van der Waals surface area contributed by atoms with Crippen molar-refractivity contribution in [3.63, 3.8) is 0 Å². The third kappa shape index (κ3) is 4.49. The van der Waals surface area contributed by atoms with Crippen LogP contribution in [0.1, 0.15) is 44.1 Å². The number of amides is 1. The molecule has 2 aromatic heterocycles. The Kier molecular flexibility index (Phi) is 6.40. The molecule has 5 nitrogen and oxygen atoms in total. The number of nitrogens with one attached hydrogen (secondary N) is 1. The molecule has 0 fully saturated rings. The third-order valence-electron chi connectivity index (χ3n) is 4.86. The predicted molar refractivity (Wildman–Crippen MR) is 109 cm³/mol. The maximum absolute atomic E-state index is 11.9. The first-order valence-corrected chi connectivity index (χ1v) is 11.2. The fourth-order valence-electron chi connectivity index (χ4n) is 3.21. The van der Waals surface area contributed by atoms with Gasteiger partial charge in [-0.05, 0) is 42.7 Å². The summed E-state index contributed by atoms with van der Waals surface area (Å²) in [4.78, 5) is 14.6. The molecule has 0 saturated heterocycles. The Bertz CT molecular complexity index is 766. The lowest BCUT2D eigenvalue weighted by Gasteiger charge is -2.19. The average Bonchev–Trinajstić information content (AvgIpc) is 3.20. The Balaban J connectivity index is 1.66. The number of hydrogen-bond donors (Lipinski definition) is 1. The second-order valence-corrected chi connectivity index (χ2v) is 9.51. The van der Waals surface area contributed by atoms with Gasteiger partial charge in [0.25, 0.3) is 0 Å². The van der Waals surface area contributed by atoms with Gasteiger partial charge in [-0.1, -0.05) is 39.0 Å². The monoisotopic (exact) mass is 392 g/mol. The molecule has 0 bridgehead atoms. The summed E-state index contributed by atoms with van der Waals surface area (Å²) in [6, 6.07) is 2.30. The van der Waals surface area contributed by atoms with Crippen LogP contribution < -0.4 is 5.32 Å².